The van der Waals surface area contributed by atoms with Crippen molar-refractivity contribution in [1.29, 1.82) is 0 Å². The van der Waals surface area contributed by atoms with Gasteiger partial charge in [-0.1, -0.05) is 54.6 Å². The largest absolute Gasteiger partial charge is 0.494 e. The highest BCUT2D eigenvalue weighted by atomic mass is 32.2. The van der Waals surface area contributed by atoms with Crippen molar-refractivity contribution in [1.82, 2.24) is 24.9 Å². The third-order valence-corrected chi connectivity index (χ3v) is 12.8. The summed E-state index contributed by atoms with van der Waals surface area (Å²) in [5.41, 5.74) is 4.99. The molecule has 0 unspecified atom stereocenters. The van der Waals surface area contributed by atoms with Gasteiger partial charge in [-0.2, -0.15) is 0 Å². The Morgan fingerprint density at radius 3 is 1.63 bits per heavy atom. The maximum atomic E-state index is 12.9. The Balaban J connectivity index is 0.000000148. The van der Waals surface area contributed by atoms with Crippen LogP contribution in [0.1, 0.15) is 5.56 Å². The lowest BCUT2D eigenvalue weighted by molar-refractivity contribution is 0.457. The van der Waals surface area contributed by atoms with E-state index < -0.39 is 19.7 Å². The van der Waals surface area contributed by atoms with Gasteiger partial charge in [0.05, 0.1) is 20.4 Å². The molecule has 57 heavy (non-hydrogen) atoms. The number of sulfone groups is 2. The number of para-hydroxylation sites is 4. The molecule has 0 atom stereocenters. The molecule has 0 fully saturated rings. The highest BCUT2D eigenvalue weighted by molar-refractivity contribution is 7.91. The maximum Gasteiger partial charge on any atom is 0.233 e. The van der Waals surface area contributed by atoms with Crippen molar-refractivity contribution in [2.24, 2.45) is 0 Å². The number of aromatic amines is 2. The molecule has 0 saturated carbocycles. The van der Waals surface area contributed by atoms with Gasteiger partial charge in [0, 0.05) is 34.2 Å². The molecule has 0 aliphatic carbocycles. The summed E-state index contributed by atoms with van der Waals surface area (Å²) in [5, 5.41) is 21.9. The van der Waals surface area contributed by atoms with Gasteiger partial charge in [-0.3, -0.25) is 4.98 Å². The number of pyridine rings is 1. The molecule has 0 spiro atoms. The lowest BCUT2D eigenvalue weighted by Crippen LogP contribution is -2.04. The Labute approximate surface area is 323 Å². The van der Waals surface area contributed by atoms with Crippen LogP contribution in [0.2, 0.25) is 0 Å². The van der Waals surface area contributed by atoms with Gasteiger partial charge < -0.3 is 29.0 Å². The predicted molar refractivity (Wildman–Crippen MR) is 213 cm³/mol. The van der Waals surface area contributed by atoms with Gasteiger partial charge in [0.2, 0.25) is 33.4 Å². The third kappa shape index (κ3) is 6.53. The van der Waals surface area contributed by atoms with Crippen molar-refractivity contribution in [3.05, 3.63) is 145 Å². The Morgan fingerprint density at radius 2 is 1.09 bits per heavy atom. The van der Waals surface area contributed by atoms with E-state index in [2.05, 4.69) is 24.9 Å². The summed E-state index contributed by atoms with van der Waals surface area (Å²) < 4.78 is 63.2. The van der Waals surface area contributed by atoms with E-state index in [0.717, 1.165) is 0 Å². The molecule has 0 aliphatic rings. The number of oxazole rings is 2. The standard InChI is InChI=1S/C22H16N2O4S.C20H13N3O4S/c25-21-20(22-24-18-8-4-5-9-19(18)28-22)16-12-15(10-11-17(16)23-21)29(26,27)13-14-6-2-1-3-7-14;24-19-18(20-23-16-5-1-2-6-17(16)27-20)14-10-12(7-8-15(14)22-19)28(25,26)13-4-3-9-21-11-13/h1-12,23,25H,13H2;1-11,22,24H. The molecule has 0 saturated heterocycles. The molecule has 4 N–H and O–H groups in total. The van der Waals surface area contributed by atoms with Crippen molar-refractivity contribution in [2.75, 3.05) is 0 Å². The summed E-state index contributed by atoms with van der Waals surface area (Å²) in [6.07, 6.45) is 2.81. The minimum atomic E-state index is -3.75. The minimum Gasteiger partial charge on any atom is -0.494 e. The lowest BCUT2D eigenvalue weighted by Gasteiger charge is -2.05. The fourth-order valence-corrected chi connectivity index (χ4v) is 9.21. The predicted octanol–water partition coefficient (Wildman–Crippen LogP) is 8.57. The van der Waals surface area contributed by atoms with Crippen molar-refractivity contribution < 1.29 is 35.9 Å². The number of aromatic hydroxyl groups is 2. The topological polar surface area (TPSA) is 205 Å². The molecule has 5 aromatic carbocycles. The van der Waals surface area contributed by atoms with Crippen LogP contribution in [0.5, 0.6) is 11.8 Å². The summed E-state index contributed by atoms with van der Waals surface area (Å²) in [4.78, 5) is 18.8. The molecule has 282 valence electrons. The van der Waals surface area contributed by atoms with Crippen LogP contribution in [0.3, 0.4) is 0 Å². The molecule has 15 heteroatoms. The van der Waals surface area contributed by atoms with E-state index in [9.17, 15) is 27.0 Å². The van der Waals surface area contributed by atoms with Crippen LogP contribution in [0.15, 0.2) is 163 Å². The molecule has 13 nitrogen and oxygen atoms in total. The van der Waals surface area contributed by atoms with Crippen LogP contribution in [0, 0.1) is 0 Å². The van der Waals surface area contributed by atoms with Gasteiger partial charge in [0.25, 0.3) is 0 Å². The van der Waals surface area contributed by atoms with E-state index in [1.165, 1.54) is 36.7 Å². The quantitative estimate of drug-likeness (QED) is 0.120. The molecule has 5 heterocycles. The fraction of sp³-hybridized carbons (Fsp3) is 0.0238. The Morgan fingerprint density at radius 1 is 0.561 bits per heavy atom. The zero-order valence-electron chi connectivity index (χ0n) is 29.5. The Bertz CT molecular complexity index is 3270. The summed E-state index contributed by atoms with van der Waals surface area (Å²) in [6.45, 7) is 0. The molecule has 5 aromatic heterocycles. The maximum absolute atomic E-state index is 12.9. The molecule has 0 radical (unpaired) electrons. The molecular formula is C42H29N5O8S2. The number of rotatable bonds is 7. The van der Waals surface area contributed by atoms with E-state index >= 15 is 0 Å². The summed E-state index contributed by atoms with van der Waals surface area (Å²) in [5.74, 6) is 0.0728. The number of H-pyrrole nitrogens is 2. The van der Waals surface area contributed by atoms with Crippen LogP contribution in [0.25, 0.3) is 66.9 Å². The van der Waals surface area contributed by atoms with Crippen LogP contribution in [-0.2, 0) is 25.4 Å². The van der Waals surface area contributed by atoms with E-state index in [0.29, 0.717) is 60.7 Å². The third-order valence-electron chi connectivity index (χ3n) is 9.33. The molecule has 0 bridgehead atoms. The Hall–Kier alpha value is -7.23. The van der Waals surface area contributed by atoms with Gasteiger partial charge in [-0.15, -0.1) is 0 Å². The van der Waals surface area contributed by atoms with Gasteiger partial charge in [-0.25, -0.2) is 26.8 Å². The Kier molecular flexibility index (Phi) is 8.59. The minimum absolute atomic E-state index is 0.0874. The average Bonchev–Trinajstić information content (AvgIpc) is 3.99. The highest BCUT2D eigenvalue weighted by Gasteiger charge is 2.24. The van der Waals surface area contributed by atoms with Crippen LogP contribution in [-0.4, -0.2) is 52.0 Å². The SMILES string of the molecule is O=S(=O)(Cc1ccccc1)c1ccc2[nH]c(O)c(-c3nc4ccccc4o3)c2c1.O=S(=O)(c1cccnc1)c1ccc2[nH]c(O)c(-c3nc4ccccc4o3)c2c1. The normalized spacial score (nSPS) is 12.0. The first kappa shape index (κ1) is 35.5. The number of fused-ring (bicyclic) bond motifs is 4. The monoisotopic (exact) mass is 795 g/mol. The number of hydrogen-bond donors (Lipinski definition) is 4. The number of nitrogens with zero attached hydrogens (tertiary/aromatic N) is 3. The number of nitrogens with one attached hydrogen (secondary N) is 2. The summed E-state index contributed by atoms with van der Waals surface area (Å²) in [7, 11) is -7.32. The van der Waals surface area contributed by atoms with Crippen LogP contribution >= 0.6 is 0 Å². The van der Waals surface area contributed by atoms with E-state index in [-0.39, 0.29) is 44.0 Å². The van der Waals surface area contributed by atoms with Crippen LogP contribution in [0.4, 0.5) is 0 Å². The first-order valence-corrected chi connectivity index (χ1v) is 20.5. The van der Waals surface area contributed by atoms with Gasteiger partial charge >= 0.3 is 0 Å². The van der Waals surface area contributed by atoms with E-state index in [4.69, 9.17) is 8.83 Å². The molecule has 10 aromatic rings. The molecule has 0 aliphatic heterocycles. The first-order valence-electron chi connectivity index (χ1n) is 17.4. The number of hydrogen-bond acceptors (Lipinski definition) is 11. The average molecular weight is 796 g/mol. The van der Waals surface area contributed by atoms with Gasteiger partial charge in [0.1, 0.15) is 22.2 Å². The highest BCUT2D eigenvalue weighted by Crippen LogP contribution is 2.40. The second kappa shape index (κ2) is 13.8. The summed E-state index contributed by atoms with van der Waals surface area (Å²) in [6, 6.07) is 35.9. The first-order chi connectivity index (χ1) is 27.5. The molecule has 10 rings (SSSR count). The second-order valence-electron chi connectivity index (χ2n) is 13.0. The van der Waals surface area contributed by atoms with Crippen LogP contribution < -0.4 is 0 Å². The van der Waals surface area contributed by atoms with Gasteiger partial charge in [0.15, 0.2) is 21.0 Å². The fourth-order valence-electron chi connectivity index (χ4n) is 6.58. The number of benzene rings is 5. The number of aromatic nitrogens is 5. The summed E-state index contributed by atoms with van der Waals surface area (Å²) >= 11 is 0. The second-order valence-corrected chi connectivity index (χ2v) is 17.0. The van der Waals surface area contributed by atoms with Crippen molar-refractivity contribution in [3.63, 3.8) is 0 Å². The van der Waals surface area contributed by atoms with E-state index in [1.54, 1.807) is 54.6 Å². The smallest absolute Gasteiger partial charge is 0.233 e. The zero-order valence-corrected chi connectivity index (χ0v) is 31.1. The zero-order chi connectivity index (χ0) is 39.3. The van der Waals surface area contributed by atoms with E-state index in [1.807, 2.05) is 48.5 Å². The molecule has 0 amide bonds. The van der Waals surface area contributed by atoms with Crippen molar-refractivity contribution in [3.8, 4) is 34.7 Å². The van der Waals surface area contributed by atoms with Crippen molar-refractivity contribution >= 4 is 63.7 Å². The van der Waals surface area contributed by atoms with Crippen molar-refractivity contribution in [2.45, 2.75) is 20.4 Å². The van der Waals surface area contributed by atoms with Gasteiger partial charge in [-0.05, 0) is 78.4 Å². The molecular weight excluding hydrogens is 767 g/mol. The lowest BCUT2D eigenvalue weighted by atomic mass is 10.1.